The van der Waals surface area contributed by atoms with Gasteiger partial charge in [0.05, 0.1) is 22.2 Å². The highest BCUT2D eigenvalue weighted by atomic mass is 16.5. The second kappa shape index (κ2) is 11.6. The summed E-state index contributed by atoms with van der Waals surface area (Å²) in [6.45, 7) is 21.1. The van der Waals surface area contributed by atoms with Gasteiger partial charge < -0.3 is 9.30 Å². The van der Waals surface area contributed by atoms with E-state index < -0.39 is 17.5 Å². The summed E-state index contributed by atoms with van der Waals surface area (Å²) < 4.78 is 30.5. The monoisotopic (exact) mass is 737 g/mol. The van der Waals surface area contributed by atoms with Gasteiger partial charge >= 0.3 is 0 Å². The van der Waals surface area contributed by atoms with E-state index in [0.717, 1.165) is 66.7 Å². The van der Waals surface area contributed by atoms with Gasteiger partial charge in [0.25, 0.3) is 0 Å². The second-order valence-electron chi connectivity index (χ2n) is 17.7. The number of aryl methyl sites for hydroxylation is 2. The lowest BCUT2D eigenvalue weighted by atomic mass is 9.84. The van der Waals surface area contributed by atoms with E-state index in [0.29, 0.717) is 17.2 Å². The maximum atomic E-state index is 9.53. The Bertz CT molecular complexity index is 3110. The van der Waals surface area contributed by atoms with Gasteiger partial charge in [-0.2, -0.15) is 0 Å². The van der Waals surface area contributed by atoms with Crippen LogP contribution in [-0.2, 0) is 22.1 Å². The lowest BCUT2D eigenvalue weighted by Crippen LogP contribution is -2.41. The first-order valence-electron chi connectivity index (χ1n) is 20.8. The summed E-state index contributed by atoms with van der Waals surface area (Å²) >= 11 is 0. The van der Waals surface area contributed by atoms with E-state index in [-0.39, 0.29) is 11.3 Å². The maximum Gasteiger partial charge on any atom is 0.237 e. The maximum absolute atomic E-state index is 9.53. The molecule has 4 aromatic carbocycles. The predicted octanol–water partition coefficient (Wildman–Crippen LogP) is 12.0. The minimum Gasteiger partial charge on any atom is -0.467 e. The average Bonchev–Trinajstić information content (AvgIpc) is 3.82. The number of ether oxygens (including phenoxy) is 1. The summed E-state index contributed by atoms with van der Waals surface area (Å²) in [4.78, 5) is 15.4. The normalized spacial score (nSPS) is 20.8. The van der Waals surface area contributed by atoms with Crippen molar-refractivity contribution in [2.45, 2.75) is 98.1 Å². The fourth-order valence-corrected chi connectivity index (χ4v) is 9.01. The Morgan fingerprint density at radius 2 is 1.54 bits per heavy atom. The van der Waals surface area contributed by atoms with Crippen molar-refractivity contribution in [2.24, 2.45) is 4.99 Å². The van der Waals surface area contributed by atoms with Gasteiger partial charge in [0, 0.05) is 48.2 Å². The van der Waals surface area contributed by atoms with Crippen LogP contribution in [-0.4, -0.2) is 30.6 Å². The number of fused-ring (bicyclic) bond motifs is 9. The Balaban J connectivity index is 1.21. The van der Waals surface area contributed by atoms with Crippen molar-refractivity contribution in [1.82, 2.24) is 19.1 Å². The molecule has 0 spiro atoms. The molecule has 6 nitrogen and oxygen atoms in total. The number of aromatic nitrogens is 4. The Kier molecular flexibility index (Phi) is 6.75. The molecule has 0 saturated carbocycles. The standard InChI is InChI=1S/C50H49N5O/c1-28(2)41-24-34(25-42(52-41)47-53-50(10)40-18-14-30(4)31(5)39(40)27-49(50,9)56-47)54-43-19-13-29(3)22-37(43)35-17-16-33(26-45(35)54)55-44-20-15-32(48(6,7)8)23-38(44)36-12-11-21-51-46(36)55/h11-26,28H,27H2,1-10H3/t49-,50+/m0/s1/i27D2. The minimum atomic E-state index is -1.78. The van der Waals surface area contributed by atoms with Crippen molar-refractivity contribution in [3.05, 3.63) is 142 Å². The Labute approximate surface area is 331 Å². The SMILES string of the molecule is [2H]C1([2H])c2c(ccc(C)c2C)[C@@]2(C)N=C(c3cc(-n4c5ccc(C)cc5c5ccc(-n6c7ccc(C(C)(C)C)cc7c7cccnc76)cc54)cc(C(C)C)n3)O[C@@]12C. The Morgan fingerprint density at radius 1 is 0.768 bits per heavy atom. The van der Waals surface area contributed by atoms with Crippen molar-refractivity contribution in [2.75, 3.05) is 0 Å². The van der Waals surface area contributed by atoms with Crippen LogP contribution in [0.2, 0.25) is 0 Å². The number of hydrogen-bond donors (Lipinski definition) is 0. The van der Waals surface area contributed by atoms with Crippen LogP contribution in [0.4, 0.5) is 0 Å². The van der Waals surface area contributed by atoms with Gasteiger partial charge in [-0.25, -0.2) is 15.0 Å². The number of hydrogen-bond acceptors (Lipinski definition) is 4. The topological polar surface area (TPSA) is 57.2 Å². The molecule has 0 bridgehead atoms. The summed E-state index contributed by atoms with van der Waals surface area (Å²) in [6, 6.07) is 32.8. The third-order valence-electron chi connectivity index (χ3n) is 12.6. The van der Waals surface area contributed by atoms with E-state index in [9.17, 15) is 2.74 Å². The van der Waals surface area contributed by atoms with Crippen LogP contribution >= 0.6 is 0 Å². The van der Waals surface area contributed by atoms with Crippen LogP contribution in [0.15, 0.2) is 102 Å². The fraction of sp³-hybridized carbons (Fsp3) is 0.300. The van der Waals surface area contributed by atoms with Crippen molar-refractivity contribution in [3.63, 3.8) is 0 Å². The molecule has 10 rings (SSSR count). The molecule has 5 heterocycles. The van der Waals surface area contributed by atoms with Crippen molar-refractivity contribution < 1.29 is 7.48 Å². The number of aliphatic imine (C=N–C) groups is 1. The number of benzene rings is 4. The Hall–Kier alpha value is -5.75. The summed E-state index contributed by atoms with van der Waals surface area (Å²) in [5.74, 6) is 0.474. The van der Waals surface area contributed by atoms with E-state index in [2.05, 4.69) is 130 Å². The smallest absolute Gasteiger partial charge is 0.237 e. The third kappa shape index (κ3) is 4.84. The largest absolute Gasteiger partial charge is 0.467 e. The van der Waals surface area contributed by atoms with E-state index in [1.54, 1.807) is 0 Å². The molecule has 0 amide bonds. The molecule has 0 N–H and O–H groups in total. The lowest BCUT2D eigenvalue weighted by molar-refractivity contribution is 0.0473. The second-order valence-corrected chi connectivity index (χ2v) is 17.7. The Morgan fingerprint density at radius 3 is 2.32 bits per heavy atom. The van der Waals surface area contributed by atoms with Gasteiger partial charge in [-0.05, 0) is 134 Å². The lowest BCUT2D eigenvalue weighted by Gasteiger charge is -2.31. The molecule has 2 aliphatic rings. The molecule has 1 aliphatic carbocycles. The van der Waals surface area contributed by atoms with E-state index in [4.69, 9.17) is 19.7 Å². The summed E-state index contributed by atoms with van der Waals surface area (Å²) in [5, 5.41) is 4.63. The number of rotatable bonds is 4. The fourth-order valence-electron chi connectivity index (χ4n) is 9.01. The summed E-state index contributed by atoms with van der Waals surface area (Å²) in [7, 11) is 0. The van der Waals surface area contributed by atoms with Crippen molar-refractivity contribution >= 4 is 49.6 Å². The quantitative estimate of drug-likeness (QED) is 0.181. The van der Waals surface area contributed by atoms with Gasteiger partial charge in [0.1, 0.15) is 22.5 Å². The predicted molar refractivity (Wildman–Crippen MR) is 231 cm³/mol. The van der Waals surface area contributed by atoms with Gasteiger partial charge in [-0.15, -0.1) is 0 Å². The number of pyridine rings is 2. The van der Waals surface area contributed by atoms with Crippen LogP contribution in [0.3, 0.4) is 0 Å². The highest BCUT2D eigenvalue weighted by Crippen LogP contribution is 2.54. The first-order chi connectivity index (χ1) is 27.4. The van der Waals surface area contributed by atoms with Gasteiger partial charge in [-0.3, -0.25) is 4.57 Å². The van der Waals surface area contributed by atoms with Crippen LogP contribution in [0, 0.1) is 20.8 Å². The van der Waals surface area contributed by atoms with Gasteiger partial charge in [0.15, 0.2) is 0 Å². The molecular formula is C50H49N5O. The highest BCUT2D eigenvalue weighted by Gasteiger charge is 2.59. The highest BCUT2D eigenvalue weighted by molar-refractivity contribution is 6.12. The van der Waals surface area contributed by atoms with E-state index >= 15 is 0 Å². The third-order valence-corrected chi connectivity index (χ3v) is 12.6. The molecule has 0 fully saturated rings. The molecule has 1 aliphatic heterocycles. The van der Waals surface area contributed by atoms with Gasteiger partial charge in [0.2, 0.25) is 5.90 Å². The summed E-state index contributed by atoms with van der Waals surface area (Å²) in [5.41, 5.74) is 11.5. The molecule has 56 heavy (non-hydrogen) atoms. The molecule has 280 valence electrons. The summed E-state index contributed by atoms with van der Waals surface area (Å²) in [6.07, 6.45) is 0.0930. The zero-order chi connectivity index (χ0) is 40.8. The van der Waals surface area contributed by atoms with E-state index in [1.165, 1.54) is 21.9 Å². The molecule has 8 aromatic rings. The number of nitrogens with zero attached hydrogens (tertiary/aromatic N) is 5. The molecule has 2 atom stereocenters. The van der Waals surface area contributed by atoms with Crippen molar-refractivity contribution in [1.29, 1.82) is 0 Å². The molecular weight excluding hydrogens is 687 g/mol. The van der Waals surface area contributed by atoms with Crippen LogP contribution in [0.5, 0.6) is 0 Å². The van der Waals surface area contributed by atoms with Crippen molar-refractivity contribution in [3.8, 4) is 11.4 Å². The van der Waals surface area contributed by atoms with Crippen LogP contribution in [0.1, 0.15) is 102 Å². The molecule has 0 unspecified atom stereocenters. The first kappa shape index (κ1) is 32.5. The van der Waals surface area contributed by atoms with Crippen LogP contribution < -0.4 is 0 Å². The minimum absolute atomic E-state index is 0.0124. The molecule has 6 heteroatoms. The zero-order valence-corrected chi connectivity index (χ0v) is 34.0. The van der Waals surface area contributed by atoms with Crippen LogP contribution in [0.25, 0.3) is 55.1 Å². The zero-order valence-electron chi connectivity index (χ0n) is 36.0. The van der Waals surface area contributed by atoms with Gasteiger partial charge in [-0.1, -0.05) is 70.5 Å². The molecule has 0 radical (unpaired) electrons. The average molecular weight is 738 g/mol. The molecule has 0 saturated heterocycles. The van der Waals surface area contributed by atoms with E-state index in [1.807, 2.05) is 46.0 Å². The molecule has 4 aromatic heterocycles. The first-order valence-corrected chi connectivity index (χ1v) is 19.8.